The summed E-state index contributed by atoms with van der Waals surface area (Å²) in [7, 11) is 0. The van der Waals surface area contributed by atoms with Crippen LogP contribution in [-0.4, -0.2) is 22.7 Å². The lowest BCUT2D eigenvalue weighted by molar-refractivity contribution is 0.102. The van der Waals surface area contributed by atoms with Gasteiger partial charge >= 0.3 is 0 Å². The second-order valence-electron chi connectivity index (χ2n) is 3.16. The lowest BCUT2D eigenvalue weighted by atomic mass is 10.2. The fourth-order valence-corrected chi connectivity index (χ4v) is 1.73. The summed E-state index contributed by atoms with van der Waals surface area (Å²) in [5.41, 5.74) is 2.10. The van der Waals surface area contributed by atoms with Crippen LogP contribution in [0.3, 0.4) is 0 Å². The molecule has 0 fully saturated rings. The molecule has 0 radical (unpaired) electrons. The van der Waals surface area contributed by atoms with Crippen molar-refractivity contribution in [1.82, 2.24) is 10.2 Å². The van der Waals surface area contributed by atoms with Crippen molar-refractivity contribution in [3.05, 3.63) is 35.3 Å². The highest BCUT2D eigenvalue weighted by molar-refractivity contribution is 7.13. The van der Waals surface area contributed by atoms with Crippen LogP contribution in [0.2, 0.25) is 0 Å². The van der Waals surface area contributed by atoms with E-state index in [2.05, 4.69) is 15.5 Å². The Kier molecular flexibility index (Phi) is 3.66. The summed E-state index contributed by atoms with van der Waals surface area (Å²) in [4.78, 5) is 11.8. The van der Waals surface area contributed by atoms with Gasteiger partial charge in [-0.1, -0.05) is 17.4 Å². The predicted molar refractivity (Wildman–Crippen MR) is 65.5 cm³/mol. The highest BCUT2D eigenvalue weighted by Gasteiger charge is 2.08. The van der Waals surface area contributed by atoms with Gasteiger partial charge in [-0.05, 0) is 25.1 Å². The minimum absolute atomic E-state index is 0.219. The van der Waals surface area contributed by atoms with E-state index in [4.69, 9.17) is 4.74 Å². The second kappa shape index (κ2) is 5.40. The predicted octanol–water partition coefficient (Wildman–Crippen LogP) is 2.19. The van der Waals surface area contributed by atoms with E-state index in [0.29, 0.717) is 23.1 Å². The van der Waals surface area contributed by atoms with E-state index in [1.807, 2.05) is 13.0 Å². The molecule has 1 heterocycles. The smallest absolute Gasteiger partial charge is 0.257 e. The molecule has 0 saturated heterocycles. The standard InChI is InChI=1S/C11H11N3O2S/c1-2-16-9-5-3-4-8(6-9)10(15)13-11-14-12-7-17-11/h3-7H,2H2,1H3,(H,13,14,15). The minimum atomic E-state index is -0.219. The summed E-state index contributed by atoms with van der Waals surface area (Å²) in [5.74, 6) is 0.459. The van der Waals surface area contributed by atoms with E-state index in [0.717, 1.165) is 0 Å². The number of amides is 1. The molecule has 0 bridgehead atoms. The Balaban J connectivity index is 2.11. The molecular formula is C11H11N3O2S. The molecule has 0 aliphatic heterocycles. The Hall–Kier alpha value is -1.95. The quantitative estimate of drug-likeness (QED) is 0.902. The Bertz CT molecular complexity index is 499. The molecule has 1 amide bonds. The van der Waals surface area contributed by atoms with Gasteiger partial charge in [-0.3, -0.25) is 10.1 Å². The van der Waals surface area contributed by atoms with Gasteiger partial charge in [0.15, 0.2) is 0 Å². The summed E-state index contributed by atoms with van der Waals surface area (Å²) in [6.45, 7) is 2.47. The maximum Gasteiger partial charge on any atom is 0.257 e. The molecule has 1 aromatic heterocycles. The molecule has 17 heavy (non-hydrogen) atoms. The Labute approximate surface area is 102 Å². The van der Waals surface area contributed by atoms with Crippen LogP contribution in [0.4, 0.5) is 5.13 Å². The number of nitrogens with one attached hydrogen (secondary N) is 1. The van der Waals surface area contributed by atoms with Crippen molar-refractivity contribution < 1.29 is 9.53 Å². The van der Waals surface area contributed by atoms with Crippen LogP contribution in [0.1, 0.15) is 17.3 Å². The average Bonchev–Trinajstić information content (AvgIpc) is 2.83. The van der Waals surface area contributed by atoms with Crippen molar-refractivity contribution in [1.29, 1.82) is 0 Å². The van der Waals surface area contributed by atoms with E-state index < -0.39 is 0 Å². The van der Waals surface area contributed by atoms with Crippen LogP contribution in [-0.2, 0) is 0 Å². The topological polar surface area (TPSA) is 64.1 Å². The normalized spacial score (nSPS) is 9.94. The molecule has 0 unspecified atom stereocenters. The first kappa shape index (κ1) is 11.5. The van der Waals surface area contributed by atoms with Gasteiger partial charge in [-0.25, -0.2) is 0 Å². The molecule has 1 aromatic carbocycles. The zero-order valence-electron chi connectivity index (χ0n) is 9.21. The summed E-state index contributed by atoms with van der Waals surface area (Å²) in [6.07, 6.45) is 0. The fourth-order valence-electron chi connectivity index (χ4n) is 1.29. The van der Waals surface area contributed by atoms with Gasteiger partial charge in [-0.15, -0.1) is 10.2 Å². The fraction of sp³-hybridized carbons (Fsp3) is 0.182. The van der Waals surface area contributed by atoms with Gasteiger partial charge in [0.1, 0.15) is 11.3 Å². The van der Waals surface area contributed by atoms with Crippen molar-refractivity contribution in [3.8, 4) is 5.75 Å². The van der Waals surface area contributed by atoms with Crippen LogP contribution < -0.4 is 10.1 Å². The third-order valence-corrected chi connectivity index (χ3v) is 2.59. The van der Waals surface area contributed by atoms with Crippen LogP contribution in [0.25, 0.3) is 0 Å². The van der Waals surface area contributed by atoms with E-state index in [-0.39, 0.29) is 5.91 Å². The lowest BCUT2D eigenvalue weighted by Gasteiger charge is -2.05. The maximum absolute atomic E-state index is 11.8. The number of carbonyl (C=O) groups is 1. The van der Waals surface area contributed by atoms with Crippen molar-refractivity contribution in [2.45, 2.75) is 6.92 Å². The van der Waals surface area contributed by atoms with E-state index in [9.17, 15) is 4.79 Å². The Morgan fingerprint density at radius 2 is 2.41 bits per heavy atom. The molecule has 88 valence electrons. The average molecular weight is 249 g/mol. The number of carbonyl (C=O) groups excluding carboxylic acids is 1. The van der Waals surface area contributed by atoms with Gasteiger partial charge in [-0.2, -0.15) is 0 Å². The number of anilines is 1. The van der Waals surface area contributed by atoms with Crippen LogP contribution in [0.5, 0.6) is 5.75 Å². The number of aromatic nitrogens is 2. The zero-order valence-corrected chi connectivity index (χ0v) is 10.0. The first-order chi connectivity index (χ1) is 8.29. The third-order valence-electron chi connectivity index (χ3n) is 1.99. The number of ether oxygens (including phenoxy) is 1. The maximum atomic E-state index is 11.8. The molecule has 1 N–H and O–H groups in total. The van der Waals surface area contributed by atoms with Crippen molar-refractivity contribution in [3.63, 3.8) is 0 Å². The summed E-state index contributed by atoms with van der Waals surface area (Å²) >= 11 is 1.27. The molecule has 0 aliphatic rings. The first-order valence-electron chi connectivity index (χ1n) is 5.10. The SMILES string of the molecule is CCOc1cccc(C(=O)Nc2nncs2)c1. The van der Waals surface area contributed by atoms with E-state index >= 15 is 0 Å². The zero-order chi connectivity index (χ0) is 12.1. The molecule has 0 atom stereocenters. The van der Waals surface area contributed by atoms with Crippen molar-refractivity contribution in [2.75, 3.05) is 11.9 Å². The van der Waals surface area contributed by atoms with Crippen molar-refractivity contribution in [2.24, 2.45) is 0 Å². The van der Waals surface area contributed by atoms with Gasteiger partial charge < -0.3 is 4.74 Å². The molecule has 2 aromatic rings. The summed E-state index contributed by atoms with van der Waals surface area (Å²) in [6, 6.07) is 7.00. The number of nitrogens with zero attached hydrogens (tertiary/aromatic N) is 2. The van der Waals surface area contributed by atoms with E-state index in [1.54, 1.807) is 23.7 Å². The van der Waals surface area contributed by atoms with Gasteiger partial charge in [0, 0.05) is 5.56 Å². The highest BCUT2D eigenvalue weighted by Crippen LogP contribution is 2.15. The molecule has 0 saturated carbocycles. The first-order valence-corrected chi connectivity index (χ1v) is 5.98. The molecule has 5 nitrogen and oxygen atoms in total. The molecule has 2 rings (SSSR count). The third kappa shape index (κ3) is 3.01. The molecule has 0 spiro atoms. The number of benzene rings is 1. The molecular weight excluding hydrogens is 238 g/mol. The second-order valence-corrected chi connectivity index (χ2v) is 3.99. The van der Waals surface area contributed by atoms with Gasteiger partial charge in [0.05, 0.1) is 6.61 Å². The highest BCUT2D eigenvalue weighted by atomic mass is 32.1. The van der Waals surface area contributed by atoms with Crippen molar-refractivity contribution >= 4 is 22.4 Å². The monoisotopic (exact) mass is 249 g/mol. The molecule has 0 aliphatic carbocycles. The number of hydrogen-bond donors (Lipinski definition) is 1. The Morgan fingerprint density at radius 1 is 1.53 bits per heavy atom. The largest absolute Gasteiger partial charge is 0.494 e. The van der Waals surface area contributed by atoms with E-state index in [1.165, 1.54) is 11.3 Å². The van der Waals surface area contributed by atoms with Crippen LogP contribution in [0.15, 0.2) is 29.8 Å². The lowest BCUT2D eigenvalue weighted by Crippen LogP contribution is -2.11. The van der Waals surface area contributed by atoms with Crippen LogP contribution in [0, 0.1) is 0 Å². The summed E-state index contributed by atoms with van der Waals surface area (Å²) in [5, 5.41) is 10.5. The Morgan fingerprint density at radius 3 is 3.12 bits per heavy atom. The molecule has 6 heteroatoms. The number of hydrogen-bond acceptors (Lipinski definition) is 5. The summed E-state index contributed by atoms with van der Waals surface area (Å²) < 4.78 is 5.33. The van der Waals surface area contributed by atoms with Crippen LogP contribution >= 0.6 is 11.3 Å². The minimum Gasteiger partial charge on any atom is -0.494 e. The number of rotatable bonds is 4. The van der Waals surface area contributed by atoms with Gasteiger partial charge in [0.25, 0.3) is 5.91 Å². The van der Waals surface area contributed by atoms with Gasteiger partial charge in [0.2, 0.25) is 5.13 Å².